The summed E-state index contributed by atoms with van der Waals surface area (Å²) in [5.41, 5.74) is 0.890. The summed E-state index contributed by atoms with van der Waals surface area (Å²) in [5.74, 6) is -1.40. The maximum atomic E-state index is 11.7. The smallest absolute Gasteiger partial charge is 0.306 e. The molecule has 1 amide bonds. The summed E-state index contributed by atoms with van der Waals surface area (Å²) in [6.07, 6.45) is 3.99. The lowest BCUT2D eigenvalue weighted by molar-refractivity contribution is -0.141. The van der Waals surface area contributed by atoms with Gasteiger partial charge in [0.25, 0.3) is 0 Å². The molecule has 2 unspecified atom stereocenters. The van der Waals surface area contributed by atoms with Crippen LogP contribution in [0.4, 0.5) is 0 Å². The van der Waals surface area contributed by atoms with Gasteiger partial charge < -0.3 is 10.4 Å². The molecule has 0 saturated heterocycles. The minimum atomic E-state index is -0.842. The lowest BCUT2D eigenvalue weighted by Gasteiger charge is -2.16. The number of aromatic nitrogens is 1. The number of nitrogens with zero attached hydrogens (tertiary/aromatic N) is 1. The van der Waals surface area contributed by atoms with Crippen LogP contribution in [0.2, 0.25) is 0 Å². The van der Waals surface area contributed by atoms with Gasteiger partial charge in [0.1, 0.15) is 0 Å². The Morgan fingerprint density at radius 3 is 2.50 bits per heavy atom. The zero-order valence-corrected chi connectivity index (χ0v) is 10.6. The number of carboxylic acids is 1. The third-order valence-electron chi connectivity index (χ3n) is 2.65. The number of nitrogens with one attached hydrogen (secondary N) is 1. The fraction of sp³-hybridized carbons (Fsp3) is 0.462. The number of hydrogen-bond acceptors (Lipinski definition) is 3. The maximum absolute atomic E-state index is 11.7. The first-order chi connectivity index (χ1) is 8.49. The molecule has 1 heterocycles. The summed E-state index contributed by atoms with van der Waals surface area (Å²) in [7, 11) is 0. The van der Waals surface area contributed by atoms with Gasteiger partial charge in [-0.15, -0.1) is 0 Å². The number of carboxylic acid groups (broad SMARTS) is 1. The van der Waals surface area contributed by atoms with Gasteiger partial charge in [0.2, 0.25) is 5.91 Å². The molecule has 0 aliphatic heterocycles. The van der Waals surface area contributed by atoms with Crippen LogP contribution in [0.15, 0.2) is 24.5 Å². The molecule has 1 aromatic heterocycles. The number of pyridine rings is 1. The molecular weight excluding hydrogens is 232 g/mol. The van der Waals surface area contributed by atoms with Gasteiger partial charge in [0.05, 0.1) is 12.3 Å². The number of hydrogen-bond donors (Lipinski definition) is 2. The Kier molecular flexibility index (Phi) is 5.30. The van der Waals surface area contributed by atoms with Gasteiger partial charge in [-0.3, -0.25) is 14.6 Å². The number of carbonyl (C=O) groups excluding carboxylic acids is 1. The third-order valence-corrected chi connectivity index (χ3v) is 2.65. The fourth-order valence-electron chi connectivity index (χ4n) is 1.70. The summed E-state index contributed by atoms with van der Waals surface area (Å²) < 4.78 is 0. The predicted octanol–water partition coefficient (Wildman–Crippen LogP) is 1.24. The molecule has 2 N–H and O–H groups in total. The van der Waals surface area contributed by atoms with E-state index in [1.54, 1.807) is 31.5 Å². The monoisotopic (exact) mass is 250 g/mol. The Morgan fingerprint density at radius 2 is 1.94 bits per heavy atom. The quantitative estimate of drug-likeness (QED) is 0.796. The summed E-state index contributed by atoms with van der Waals surface area (Å²) in [5, 5.41) is 11.6. The van der Waals surface area contributed by atoms with Crippen LogP contribution in [0.3, 0.4) is 0 Å². The van der Waals surface area contributed by atoms with E-state index < -0.39 is 11.9 Å². The summed E-state index contributed by atoms with van der Waals surface area (Å²) in [6, 6.07) is 3.42. The van der Waals surface area contributed by atoms with Crippen molar-refractivity contribution in [1.82, 2.24) is 10.3 Å². The SMILES string of the molecule is CC(CC(C)C(=O)O)NC(=O)Cc1ccncc1. The molecular formula is C13H18N2O3. The molecule has 1 rings (SSSR count). The molecule has 0 aromatic carbocycles. The molecule has 0 spiro atoms. The molecule has 1 aromatic rings. The summed E-state index contributed by atoms with van der Waals surface area (Å²) >= 11 is 0. The topological polar surface area (TPSA) is 79.3 Å². The van der Waals surface area contributed by atoms with Crippen LogP contribution in [-0.4, -0.2) is 28.0 Å². The molecule has 18 heavy (non-hydrogen) atoms. The number of aliphatic carboxylic acids is 1. The van der Waals surface area contributed by atoms with E-state index in [1.165, 1.54) is 0 Å². The number of rotatable bonds is 6. The van der Waals surface area contributed by atoms with Gasteiger partial charge in [-0.2, -0.15) is 0 Å². The van der Waals surface area contributed by atoms with E-state index in [4.69, 9.17) is 5.11 Å². The van der Waals surface area contributed by atoms with Crippen molar-refractivity contribution in [2.24, 2.45) is 5.92 Å². The van der Waals surface area contributed by atoms with E-state index in [1.807, 2.05) is 6.92 Å². The molecule has 0 fully saturated rings. The standard InChI is InChI=1S/C13H18N2O3/c1-9(13(17)18)7-10(2)15-12(16)8-11-3-5-14-6-4-11/h3-6,9-10H,7-8H2,1-2H3,(H,15,16)(H,17,18). The summed E-state index contributed by atoms with van der Waals surface area (Å²) in [4.78, 5) is 26.3. The molecule has 0 bridgehead atoms. The Labute approximate surface area is 106 Å². The highest BCUT2D eigenvalue weighted by Crippen LogP contribution is 2.06. The van der Waals surface area contributed by atoms with Gasteiger partial charge in [-0.25, -0.2) is 0 Å². The minimum Gasteiger partial charge on any atom is -0.481 e. The van der Waals surface area contributed by atoms with Gasteiger partial charge in [-0.05, 0) is 31.0 Å². The average Bonchev–Trinajstić information content (AvgIpc) is 2.29. The van der Waals surface area contributed by atoms with Gasteiger partial charge >= 0.3 is 5.97 Å². The number of carbonyl (C=O) groups is 2. The van der Waals surface area contributed by atoms with E-state index in [-0.39, 0.29) is 18.4 Å². The average molecular weight is 250 g/mol. The van der Waals surface area contributed by atoms with E-state index in [0.29, 0.717) is 6.42 Å². The lowest BCUT2D eigenvalue weighted by Crippen LogP contribution is -2.35. The Morgan fingerprint density at radius 1 is 1.33 bits per heavy atom. The third kappa shape index (κ3) is 4.95. The highest BCUT2D eigenvalue weighted by molar-refractivity contribution is 5.78. The first-order valence-electron chi connectivity index (χ1n) is 5.90. The second kappa shape index (κ2) is 6.74. The molecule has 5 nitrogen and oxygen atoms in total. The van der Waals surface area contributed by atoms with Crippen molar-refractivity contribution < 1.29 is 14.7 Å². The second-order valence-electron chi connectivity index (χ2n) is 4.48. The highest BCUT2D eigenvalue weighted by Gasteiger charge is 2.16. The Balaban J connectivity index is 2.38. The van der Waals surface area contributed by atoms with Crippen LogP contribution in [0, 0.1) is 5.92 Å². The van der Waals surface area contributed by atoms with Crippen molar-refractivity contribution >= 4 is 11.9 Å². The predicted molar refractivity (Wildman–Crippen MR) is 67.0 cm³/mol. The normalized spacial score (nSPS) is 13.7. The van der Waals surface area contributed by atoms with Crippen LogP contribution in [0.5, 0.6) is 0 Å². The molecule has 0 aliphatic rings. The zero-order valence-electron chi connectivity index (χ0n) is 10.6. The summed E-state index contributed by atoms with van der Waals surface area (Å²) in [6.45, 7) is 3.44. The van der Waals surface area contributed by atoms with Gasteiger partial charge in [0.15, 0.2) is 0 Å². The molecule has 2 atom stereocenters. The van der Waals surface area contributed by atoms with Crippen molar-refractivity contribution in [2.45, 2.75) is 32.7 Å². The highest BCUT2D eigenvalue weighted by atomic mass is 16.4. The Hall–Kier alpha value is -1.91. The van der Waals surface area contributed by atoms with E-state index >= 15 is 0 Å². The van der Waals surface area contributed by atoms with E-state index in [0.717, 1.165) is 5.56 Å². The van der Waals surface area contributed by atoms with Crippen LogP contribution < -0.4 is 5.32 Å². The molecule has 98 valence electrons. The van der Waals surface area contributed by atoms with Crippen molar-refractivity contribution in [3.63, 3.8) is 0 Å². The van der Waals surface area contributed by atoms with Crippen LogP contribution in [-0.2, 0) is 16.0 Å². The first kappa shape index (κ1) is 14.2. The minimum absolute atomic E-state index is 0.105. The van der Waals surface area contributed by atoms with Crippen LogP contribution >= 0.6 is 0 Å². The van der Waals surface area contributed by atoms with Gasteiger partial charge in [-0.1, -0.05) is 6.92 Å². The van der Waals surface area contributed by atoms with Crippen molar-refractivity contribution in [3.8, 4) is 0 Å². The largest absolute Gasteiger partial charge is 0.481 e. The fourth-order valence-corrected chi connectivity index (χ4v) is 1.70. The lowest BCUT2D eigenvalue weighted by atomic mass is 10.0. The van der Waals surface area contributed by atoms with Crippen molar-refractivity contribution in [3.05, 3.63) is 30.1 Å². The van der Waals surface area contributed by atoms with Crippen LogP contribution in [0.25, 0.3) is 0 Å². The van der Waals surface area contributed by atoms with Gasteiger partial charge in [0, 0.05) is 18.4 Å². The number of amides is 1. The second-order valence-corrected chi connectivity index (χ2v) is 4.48. The van der Waals surface area contributed by atoms with Crippen LogP contribution in [0.1, 0.15) is 25.8 Å². The van der Waals surface area contributed by atoms with Crippen molar-refractivity contribution in [1.29, 1.82) is 0 Å². The van der Waals surface area contributed by atoms with Crippen molar-refractivity contribution in [2.75, 3.05) is 0 Å². The molecule has 0 saturated carbocycles. The zero-order chi connectivity index (χ0) is 13.5. The maximum Gasteiger partial charge on any atom is 0.306 e. The first-order valence-corrected chi connectivity index (χ1v) is 5.90. The molecule has 0 aliphatic carbocycles. The molecule has 0 radical (unpaired) electrons. The molecule has 5 heteroatoms. The van der Waals surface area contributed by atoms with E-state index in [9.17, 15) is 9.59 Å². The van der Waals surface area contributed by atoms with E-state index in [2.05, 4.69) is 10.3 Å². The Bertz CT molecular complexity index is 406.